The highest BCUT2D eigenvalue weighted by molar-refractivity contribution is 5.52. The van der Waals surface area contributed by atoms with Crippen LogP contribution in [0.3, 0.4) is 0 Å². The molecule has 21 heavy (non-hydrogen) atoms. The highest BCUT2D eigenvalue weighted by Crippen LogP contribution is 2.21. The lowest BCUT2D eigenvalue weighted by molar-refractivity contribution is 0.670. The van der Waals surface area contributed by atoms with Gasteiger partial charge in [-0.3, -0.25) is 9.97 Å². The Morgan fingerprint density at radius 3 is 2.52 bits per heavy atom. The summed E-state index contributed by atoms with van der Waals surface area (Å²) in [4.78, 5) is 10.7. The Kier molecular flexibility index (Phi) is 6.16. The maximum absolute atomic E-state index is 4.27. The molecule has 112 valence electrons. The van der Waals surface area contributed by atoms with Crippen molar-refractivity contribution in [1.29, 1.82) is 0 Å². The summed E-state index contributed by atoms with van der Waals surface area (Å²) in [6.07, 6.45) is 8.67. The highest BCUT2D eigenvalue weighted by atomic mass is 15.1. The van der Waals surface area contributed by atoms with E-state index in [1.54, 1.807) is 0 Å². The molecule has 4 nitrogen and oxygen atoms in total. The molecule has 0 bridgehead atoms. The fraction of sp³-hybridized carbons (Fsp3) is 0.412. The molecule has 2 aromatic heterocycles. The van der Waals surface area contributed by atoms with E-state index in [9.17, 15) is 0 Å². The molecule has 2 heterocycles. The Morgan fingerprint density at radius 1 is 1.05 bits per heavy atom. The van der Waals surface area contributed by atoms with Crippen LogP contribution >= 0.6 is 0 Å². The van der Waals surface area contributed by atoms with Crippen LogP contribution in [0.2, 0.25) is 0 Å². The first-order chi connectivity index (χ1) is 10.3. The van der Waals surface area contributed by atoms with Crippen molar-refractivity contribution in [3.8, 4) is 0 Å². The van der Waals surface area contributed by atoms with Crippen molar-refractivity contribution in [2.45, 2.75) is 33.4 Å². The molecule has 0 aromatic carbocycles. The fourth-order valence-corrected chi connectivity index (χ4v) is 2.34. The summed E-state index contributed by atoms with van der Waals surface area (Å²) in [7, 11) is 0. The van der Waals surface area contributed by atoms with E-state index in [1.165, 1.54) is 16.8 Å². The Bertz CT molecular complexity index is 527. The van der Waals surface area contributed by atoms with Crippen LogP contribution < -0.4 is 10.2 Å². The monoisotopic (exact) mass is 284 g/mol. The minimum atomic E-state index is 0.865. The predicted octanol–water partition coefficient (Wildman–Crippen LogP) is 3.00. The number of aromatic nitrogens is 2. The molecule has 0 fully saturated rings. The van der Waals surface area contributed by atoms with Crippen molar-refractivity contribution in [2.75, 3.05) is 18.0 Å². The maximum Gasteiger partial charge on any atom is 0.0445 e. The zero-order chi connectivity index (χ0) is 14.9. The third-order valence-electron chi connectivity index (χ3n) is 3.47. The van der Waals surface area contributed by atoms with Gasteiger partial charge in [0.2, 0.25) is 0 Å². The quantitative estimate of drug-likeness (QED) is 0.757. The second kappa shape index (κ2) is 8.37. The molecule has 2 aromatic rings. The first-order valence-electron chi connectivity index (χ1n) is 7.62. The largest absolute Gasteiger partial charge is 0.367 e. The molecule has 0 saturated heterocycles. The fourth-order valence-electron chi connectivity index (χ4n) is 2.34. The zero-order valence-electron chi connectivity index (χ0n) is 12.9. The lowest BCUT2D eigenvalue weighted by atomic mass is 10.1. The lowest BCUT2D eigenvalue weighted by Gasteiger charge is -2.25. The normalized spacial score (nSPS) is 10.6. The van der Waals surface area contributed by atoms with Gasteiger partial charge in [0.05, 0.1) is 0 Å². The smallest absolute Gasteiger partial charge is 0.0445 e. The zero-order valence-corrected chi connectivity index (χ0v) is 12.9. The molecular weight excluding hydrogens is 260 g/mol. The van der Waals surface area contributed by atoms with E-state index < -0.39 is 0 Å². The number of nitrogens with zero attached hydrogens (tertiary/aromatic N) is 3. The average molecular weight is 284 g/mol. The van der Waals surface area contributed by atoms with Crippen LogP contribution in [0.1, 0.15) is 31.4 Å². The summed E-state index contributed by atoms with van der Waals surface area (Å²) in [5, 5.41) is 3.46. The molecule has 0 spiro atoms. The van der Waals surface area contributed by atoms with Crippen molar-refractivity contribution in [3.63, 3.8) is 0 Å². The van der Waals surface area contributed by atoms with Gasteiger partial charge in [-0.05, 0) is 43.7 Å². The predicted molar refractivity (Wildman–Crippen MR) is 87.2 cm³/mol. The number of hydrogen-bond donors (Lipinski definition) is 1. The number of nitrogens with one attached hydrogen (secondary N) is 1. The molecule has 4 heteroatoms. The minimum Gasteiger partial charge on any atom is -0.367 e. The number of anilines is 1. The van der Waals surface area contributed by atoms with Crippen LogP contribution in [0.15, 0.2) is 43.0 Å². The maximum atomic E-state index is 4.27. The molecule has 0 amide bonds. The van der Waals surface area contributed by atoms with Crippen LogP contribution in [0, 0.1) is 0 Å². The topological polar surface area (TPSA) is 41.1 Å². The summed E-state index contributed by atoms with van der Waals surface area (Å²) in [5.74, 6) is 0. The Labute approximate surface area is 127 Å². The summed E-state index contributed by atoms with van der Waals surface area (Å²) >= 11 is 0. The van der Waals surface area contributed by atoms with E-state index in [0.717, 1.165) is 32.6 Å². The molecule has 2 rings (SSSR count). The van der Waals surface area contributed by atoms with Crippen molar-refractivity contribution in [2.24, 2.45) is 0 Å². The Morgan fingerprint density at radius 2 is 1.81 bits per heavy atom. The van der Waals surface area contributed by atoms with Crippen molar-refractivity contribution in [1.82, 2.24) is 15.3 Å². The van der Waals surface area contributed by atoms with Crippen LogP contribution in [-0.2, 0) is 13.1 Å². The number of hydrogen-bond acceptors (Lipinski definition) is 4. The Balaban J connectivity index is 2.13. The van der Waals surface area contributed by atoms with Crippen molar-refractivity contribution >= 4 is 5.69 Å². The van der Waals surface area contributed by atoms with Crippen LogP contribution in [0.4, 0.5) is 5.69 Å². The number of pyridine rings is 2. The van der Waals surface area contributed by atoms with E-state index in [1.807, 2.05) is 24.8 Å². The van der Waals surface area contributed by atoms with Gasteiger partial charge >= 0.3 is 0 Å². The SMILES string of the molecule is CCCNCc1cnccc1N(CC)Cc1ccncc1. The van der Waals surface area contributed by atoms with Crippen LogP contribution in [-0.4, -0.2) is 23.1 Å². The highest BCUT2D eigenvalue weighted by Gasteiger charge is 2.10. The third-order valence-corrected chi connectivity index (χ3v) is 3.47. The van der Waals surface area contributed by atoms with Gasteiger partial charge in [-0.25, -0.2) is 0 Å². The van der Waals surface area contributed by atoms with E-state index in [-0.39, 0.29) is 0 Å². The van der Waals surface area contributed by atoms with Gasteiger partial charge in [-0.15, -0.1) is 0 Å². The minimum absolute atomic E-state index is 0.865. The molecule has 0 aliphatic rings. The van der Waals surface area contributed by atoms with E-state index in [2.05, 4.69) is 52.2 Å². The van der Waals surface area contributed by atoms with Gasteiger partial charge in [0, 0.05) is 55.7 Å². The standard InChI is InChI=1S/C17H24N4/c1-3-8-19-12-16-13-20-11-7-17(16)21(4-2)14-15-5-9-18-10-6-15/h5-7,9-11,13,19H,3-4,8,12,14H2,1-2H3. The van der Waals surface area contributed by atoms with Gasteiger partial charge in [0.25, 0.3) is 0 Å². The van der Waals surface area contributed by atoms with Gasteiger partial charge in [-0.1, -0.05) is 6.92 Å². The average Bonchev–Trinajstić information content (AvgIpc) is 2.54. The second-order valence-electron chi connectivity index (χ2n) is 5.05. The van der Waals surface area contributed by atoms with E-state index in [4.69, 9.17) is 0 Å². The molecule has 1 N–H and O–H groups in total. The van der Waals surface area contributed by atoms with E-state index in [0.29, 0.717) is 0 Å². The van der Waals surface area contributed by atoms with Crippen LogP contribution in [0.25, 0.3) is 0 Å². The molecule has 0 atom stereocenters. The second-order valence-corrected chi connectivity index (χ2v) is 5.05. The molecule has 0 radical (unpaired) electrons. The first kappa shape index (κ1) is 15.4. The van der Waals surface area contributed by atoms with Gasteiger partial charge < -0.3 is 10.2 Å². The lowest BCUT2D eigenvalue weighted by Crippen LogP contribution is -2.25. The van der Waals surface area contributed by atoms with E-state index >= 15 is 0 Å². The first-order valence-corrected chi connectivity index (χ1v) is 7.62. The van der Waals surface area contributed by atoms with Gasteiger partial charge in [-0.2, -0.15) is 0 Å². The molecule has 0 aliphatic carbocycles. The summed E-state index contributed by atoms with van der Waals surface area (Å²) < 4.78 is 0. The summed E-state index contributed by atoms with van der Waals surface area (Å²) in [6.45, 7) is 8.12. The summed E-state index contributed by atoms with van der Waals surface area (Å²) in [5.41, 5.74) is 3.78. The van der Waals surface area contributed by atoms with Gasteiger partial charge in [0.1, 0.15) is 0 Å². The molecule has 0 aliphatic heterocycles. The van der Waals surface area contributed by atoms with Crippen LogP contribution in [0.5, 0.6) is 0 Å². The van der Waals surface area contributed by atoms with Crippen molar-refractivity contribution < 1.29 is 0 Å². The third kappa shape index (κ3) is 4.53. The Hall–Kier alpha value is -1.94. The molecule has 0 saturated carbocycles. The molecule has 0 unspecified atom stereocenters. The number of rotatable bonds is 8. The summed E-state index contributed by atoms with van der Waals surface area (Å²) in [6, 6.07) is 6.24. The molecular formula is C17H24N4. The van der Waals surface area contributed by atoms with Gasteiger partial charge in [0.15, 0.2) is 0 Å². The van der Waals surface area contributed by atoms with Crippen molar-refractivity contribution in [3.05, 3.63) is 54.1 Å².